The van der Waals surface area contributed by atoms with Gasteiger partial charge in [-0.2, -0.15) is 4.99 Å². The van der Waals surface area contributed by atoms with Gasteiger partial charge in [-0.15, -0.1) is 0 Å². The minimum absolute atomic E-state index is 0.0779. The normalized spacial score (nSPS) is 14.4. The molecular weight excluding hydrogens is 426 g/mol. The number of rotatable bonds is 7. The van der Waals surface area contributed by atoms with E-state index in [0.29, 0.717) is 15.8 Å². The Hall–Kier alpha value is -3.34. The van der Waals surface area contributed by atoms with Crippen molar-refractivity contribution in [1.29, 1.82) is 0 Å². The maximum Gasteiger partial charge on any atom is 0.338 e. The summed E-state index contributed by atoms with van der Waals surface area (Å²) in [7, 11) is 0. The molecule has 0 saturated carbocycles. The van der Waals surface area contributed by atoms with Crippen LogP contribution in [0.4, 0.5) is 0 Å². The van der Waals surface area contributed by atoms with Crippen molar-refractivity contribution in [3.05, 3.63) is 28.6 Å². The zero-order valence-corrected chi connectivity index (χ0v) is 17.9. The highest BCUT2D eigenvalue weighted by atomic mass is 32.1. The van der Waals surface area contributed by atoms with Crippen LogP contribution >= 0.6 is 11.3 Å². The monoisotopic (exact) mass is 447 g/mol. The van der Waals surface area contributed by atoms with Gasteiger partial charge >= 0.3 is 11.9 Å². The molecule has 10 nitrogen and oxygen atoms in total. The first-order valence-corrected chi connectivity index (χ1v) is 10.5. The largest absolute Gasteiger partial charge is 0.465 e. The van der Waals surface area contributed by atoms with Gasteiger partial charge in [-0.3, -0.25) is 24.1 Å². The molecule has 164 valence electrons. The average molecular weight is 447 g/mol. The van der Waals surface area contributed by atoms with Gasteiger partial charge in [0.2, 0.25) is 11.8 Å². The van der Waals surface area contributed by atoms with Crippen molar-refractivity contribution in [2.45, 2.75) is 33.2 Å². The van der Waals surface area contributed by atoms with Crippen LogP contribution < -0.4 is 4.80 Å². The third-order valence-electron chi connectivity index (χ3n) is 4.45. The van der Waals surface area contributed by atoms with Gasteiger partial charge in [0.15, 0.2) is 4.80 Å². The van der Waals surface area contributed by atoms with Crippen molar-refractivity contribution in [3.8, 4) is 0 Å². The smallest absolute Gasteiger partial charge is 0.338 e. The van der Waals surface area contributed by atoms with Gasteiger partial charge in [-0.25, -0.2) is 4.79 Å². The summed E-state index contributed by atoms with van der Waals surface area (Å²) in [5, 5.41) is 0. The number of carbonyl (C=O) groups is 5. The van der Waals surface area contributed by atoms with E-state index in [0.717, 1.165) is 16.2 Å². The molecule has 0 atom stereocenters. The summed E-state index contributed by atoms with van der Waals surface area (Å²) in [4.78, 5) is 65.2. The molecule has 1 aliphatic rings. The molecule has 3 amide bonds. The van der Waals surface area contributed by atoms with Crippen molar-refractivity contribution in [2.24, 2.45) is 4.99 Å². The number of hydrogen-bond acceptors (Lipinski definition) is 8. The van der Waals surface area contributed by atoms with Crippen LogP contribution in [-0.4, -0.2) is 58.9 Å². The Balaban J connectivity index is 2.00. The van der Waals surface area contributed by atoms with Crippen molar-refractivity contribution in [1.82, 2.24) is 9.47 Å². The number of thiazole rings is 1. The number of carbonyl (C=O) groups excluding carboxylic acids is 5. The van der Waals surface area contributed by atoms with E-state index >= 15 is 0 Å². The van der Waals surface area contributed by atoms with Crippen LogP contribution in [0.5, 0.6) is 0 Å². The van der Waals surface area contributed by atoms with Crippen LogP contribution in [0, 0.1) is 0 Å². The summed E-state index contributed by atoms with van der Waals surface area (Å²) in [6, 6.07) is 4.78. The predicted molar refractivity (Wildman–Crippen MR) is 109 cm³/mol. The first-order valence-electron chi connectivity index (χ1n) is 9.71. The highest BCUT2D eigenvalue weighted by Crippen LogP contribution is 2.20. The van der Waals surface area contributed by atoms with Gasteiger partial charge in [0.1, 0.15) is 13.1 Å². The first kappa shape index (κ1) is 22.3. The molecule has 0 aliphatic carbocycles. The Morgan fingerprint density at radius 1 is 1.03 bits per heavy atom. The van der Waals surface area contributed by atoms with Gasteiger partial charge in [0.05, 0.1) is 29.0 Å². The number of aromatic nitrogens is 1. The van der Waals surface area contributed by atoms with Gasteiger partial charge < -0.3 is 14.0 Å². The van der Waals surface area contributed by atoms with Crippen LogP contribution in [-0.2, 0) is 35.2 Å². The lowest BCUT2D eigenvalue weighted by Crippen LogP contribution is -2.34. The summed E-state index contributed by atoms with van der Waals surface area (Å²) >= 11 is 1.09. The van der Waals surface area contributed by atoms with Crippen molar-refractivity contribution < 1.29 is 33.4 Å². The Labute approximate surface area is 181 Å². The molecule has 0 N–H and O–H groups in total. The molecule has 0 bridgehead atoms. The average Bonchev–Trinajstić information content (AvgIpc) is 3.22. The molecule has 1 aromatic heterocycles. The Bertz CT molecular complexity index is 1120. The van der Waals surface area contributed by atoms with E-state index in [4.69, 9.17) is 9.47 Å². The molecule has 0 unspecified atom stereocenters. The van der Waals surface area contributed by atoms with E-state index in [-0.39, 0.29) is 37.4 Å². The number of hydrogen-bond donors (Lipinski definition) is 0. The first-order chi connectivity index (χ1) is 14.8. The topological polar surface area (TPSA) is 124 Å². The van der Waals surface area contributed by atoms with Gasteiger partial charge in [0.25, 0.3) is 5.91 Å². The second-order valence-corrected chi connectivity index (χ2v) is 7.57. The fourth-order valence-corrected chi connectivity index (χ4v) is 4.15. The van der Waals surface area contributed by atoms with E-state index in [2.05, 4.69) is 4.99 Å². The molecular formula is C20H21N3O7S. The molecule has 1 fully saturated rings. The third-order valence-corrected chi connectivity index (χ3v) is 5.50. The van der Waals surface area contributed by atoms with Gasteiger partial charge in [-0.1, -0.05) is 11.3 Å². The second-order valence-electron chi connectivity index (χ2n) is 6.56. The molecule has 1 saturated heterocycles. The number of imide groups is 1. The molecule has 1 aromatic carbocycles. The summed E-state index contributed by atoms with van der Waals surface area (Å²) in [6.45, 7) is 3.15. The van der Waals surface area contributed by atoms with Gasteiger partial charge in [-0.05, 0) is 32.0 Å². The van der Waals surface area contributed by atoms with E-state index in [1.807, 2.05) is 0 Å². The fraction of sp³-hybridized carbons (Fsp3) is 0.400. The van der Waals surface area contributed by atoms with E-state index in [9.17, 15) is 24.0 Å². The second kappa shape index (κ2) is 9.65. The number of amides is 3. The predicted octanol–water partition coefficient (Wildman–Crippen LogP) is 1.02. The minimum atomic E-state index is -0.696. The molecule has 11 heteroatoms. The Morgan fingerprint density at radius 2 is 1.71 bits per heavy atom. The summed E-state index contributed by atoms with van der Waals surface area (Å²) < 4.78 is 12.1. The van der Waals surface area contributed by atoms with Crippen LogP contribution in [0.15, 0.2) is 23.2 Å². The standard InChI is InChI=1S/C20H21N3O7S/c1-3-29-18(27)11-22-13-6-5-12(19(28)30-4-2)9-14(13)31-20(22)21-15(24)10-23-16(25)7-8-17(23)26/h5-6,9H,3-4,7-8,10-11H2,1-2H3. The van der Waals surface area contributed by atoms with E-state index in [1.165, 1.54) is 4.57 Å². The Morgan fingerprint density at radius 3 is 2.35 bits per heavy atom. The molecule has 31 heavy (non-hydrogen) atoms. The molecule has 2 heterocycles. The summed E-state index contributed by atoms with van der Waals surface area (Å²) in [6.07, 6.45) is 0.156. The lowest BCUT2D eigenvalue weighted by molar-refractivity contribution is -0.144. The minimum Gasteiger partial charge on any atom is -0.465 e. The van der Waals surface area contributed by atoms with Crippen LogP contribution in [0.2, 0.25) is 0 Å². The Kier molecular flexibility index (Phi) is 6.95. The number of nitrogens with zero attached hydrogens (tertiary/aromatic N) is 3. The molecule has 0 spiro atoms. The number of benzene rings is 1. The van der Waals surface area contributed by atoms with Gasteiger partial charge in [0, 0.05) is 12.8 Å². The quantitative estimate of drug-likeness (QED) is 0.458. The maximum atomic E-state index is 12.5. The van der Waals surface area contributed by atoms with E-state index < -0.39 is 36.2 Å². The lowest BCUT2D eigenvalue weighted by Gasteiger charge is -2.10. The highest BCUT2D eigenvalue weighted by Gasteiger charge is 2.30. The summed E-state index contributed by atoms with van der Waals surface area (Å²) in [5.41, 5.74) is 0.899. The molecule has 2 aromatic rings. The van der Waals surface area contributed by atoms with Crippen molar-refractivity contribution in [3.63, 3.8) is 0 Å². The zero-order valence-electron chi connectivity index (χ0n) is 17.1. The number of ether oxygens (including phenoxy) is 2. The molecule has 1 aliphatic heterocycles. The molecule has 0 radical (unpaired) electrons. The van der Waals surface area contributed by atoms with Crippen LogP contribution in [0.25, 0.3) is 10.2 Å². The van der Waals surface area contributed by atoms with E-state index in [1.54, 1.807) is 32.0 Å². The van der Waals surface area contributed by atoms with Crippen molar-refractivity contribution >= 4 is 51.2 Å². The highest BCUT2D eigenvalue weighted by molar-refractivity contribution is 7.16. The zero-order chi connectivity index (χ0) is 22.5. The van der Waals surface area contributed by atoms with Crippen LogP contribution in [0.3, 0.4) is 0 Å². The number of esters is 2. The summed E-state index contributed by atoms with van der Waals surface area (Å²) in [5.74, 6) is -2.53. The molecule has 3 rings (SSSR count). The van der Waals surface area contributed by atoms with Crippen LogP contribution in [0.1, 0.15) is 37.0 Å². The fourth-order valence-electron chi connectivity index (χ4n) is 3.06. The number of fused-ring (bicyclic) bond motifs is 1. The third kappa shape index (κ3) is 5.05. The maximum absolute atomic E-state index is 12.5. The van der Waals surface area contributed by atoms with Crippen molar-refractivity contribution in [2.75, 3.05) is 19.8 Å². The lowest BCUT2D eigenvalue weighted by atomic mass is 10.2. The SMILES string of the molecule is CCOC(=O)Cn1c(=NC(=O)CN2C(=O)CCC2=O)sc2cc(C(=O)OCC)ccc21. The number of likely N-dealkylation sites (tertiary alicyclic amines) is 1.